The molecule has 0 saturated carbocycles. The van der Waals surface area contributed by atoms with Gasteiger partial charge in [0.05, 0.1) is 17.3 Å². The van der Waals surface area contributed by atoms with Crippen molar-refractivity contribution in [1.82, 2.24) is 29.2 Å². The highest BCUT2D eigenvalue weighted by molar-refractivity contribution is 6.00. The van der Waals surface area contributed by atoms with Crippen LogP contribution in [-0.2, 0) is 7.05 Å². The van der Waals surface area contributed by atoms with Crippen LogP contribution in [0.2, 0.25) is 0 Å². The van der Waals surface area contributed by atoms with E-state index in [1.165, 1.54) is 5.56 Å². The highest BCUT2D eigenvalue weighted by atomic mass is 16.2. The summed E-state index contributed by atoms with van der Waals surface area (Å²) in [4.78, 5) is 29.4. The molecule has 2 aliphatic heterocycles. The number of aromatic nitrogens is 4. The maximum atomic E-state index is 12.9. The summed E-state index contributed by atoms with van der Waals surface area (Å²) in [5.41, 5.74) is 3.39. The van der Waals surface area contributed by atoms with Crippen molar-refractivity contribution in [2.24, 2.45) is 7.05 Å². The first-order chi connectivity index (χ1) is 14.6. The molecule has 5 heterocycles. The van der Waals surface area contributed by atoms with Crippen LogP contribution in [0.3, 0.4) is 0 Å². The van der Waals surface area contributed by atoms with Gasteiger partial charge < -0.3 is 9.80 Å². The van der Waals surface area contributed by atoms with E-state index in [9.17, 15) is 9.59 Å². The average molecular weight is 406 g/mol. The van der Waals surface area contributed by atoms with E-state index in [1.807, 2.05) is 16.0 Å². The van der Waals surface area contributed by atoms with Crippen LogP contribution in [-0.4, -0.2) is 67.2 Å². The van der Waals surface area contributed by atoms with E-state index in [2.05, 4.69) is 22.3 Å². The van der Waals surface area contributed by atoms with Crippen molar-refractivity contribution in [3.8, 4) is 0 Å². The normalized spacial score (nSPS) is 17.8. The van der Waals surface area contributed by atoms with Crippen LogP contribution in [0, 0.1) is 0 Å². The van der Waals surface area contributed by atoms with E-state index in [-0.39, 0.29) is 11.8 Å². The molecule has 3 aromatic heterocycles. The third kappa shape index (κ3) is 3.26. The lowest BCUT2D eigenvalue weighted by atomic mass is 9.89. The number of fused-ring (bicyclic) bond motifs is 1. The Morgan fingerprint density at radius 1 is 0.967 bits per heavy atom. The monoisotopic (exact) mass is 406 g/mol. The number of hydrogen-bond acceptors (Lipinski definition) is 4. The Labute approximate surface area is 175 Å². The predicted octanol–water partition coefficient (Wildman–Crippen LogP) is 2.32. The zero-order chi connectivity index (χ0) is 20.7. The highest BCUT2D eigenvalue weighted by Gasteiger charge is 2.27. The fourth-order valence-corrected chi connectivity index (χ4v) is 4.67. The van der Waals surface area contributed by atoms with Crippen molar-refractivity contribution < 1.29 is 9.59 Å². The molecule has 0 unspecified atom stereocenters. The number of carbonyl (C=O) groups is 2. The molecular formula is C22H26N6O2. The summed E-state index contributed by atoms with van der Waals surface area (Å²) in [6, 6.07) is 5.97. The third-order valence-corrected chi connectivity index (χ3v) is 6.46. The first-order valence-corrected chi connectivity index (χ1v) is 10.7. The van der Waals surface area contributed by atoms with Gasteiger partial charge in [0.15, 0.2) is 0 Å². The fraction of sp³-hybridized carbons (Fsp3) is 0.455. The van der Waals surface area contributed by atoms with Crippen molar-refractivity contribution in [2.45, 2.75) is 31.6 Å². The van der Waals surface area contributed by atoms with Gasteiger partial charge in [-0.15, -0.1) is 0 Å². The Morgan fingerprint density at radius 3 is 2.40 bits per heavy atom. The number of aryl methyl sites for hydroxylation is 1. The number of hydrogen-bond donors (Lipinski definition) is 0. The molecule has 2 amide bonds. The fourth-order valence-electron chi connectivity index (χ4n) is 4.67. The summed E-state index contributed by atoms with van der Waals surface area (Å²) < 4.78 is 3.41. The van der Waals surface area contributed by atoms with Gasteiger partial charge in [0.1, 0.15) is 5.69 Å². The van der Waals surface area contributed by atoms with Gasteiger partial charge in [-0.3, -0.25) is 14.3 Å². The zero-order valence-electron chi connectivity index (χ0n) is 17.2. The molecule has 3 aromatic rings. The van der Waals surface area contributed by atoms with Crippen molar-refractivity contribution in [1.29, 1.82) is 0 Å². The van der Waals surface area contributed by atoms with Crippen molar-refractivity contribution in [2.75, 3.05) is 26.2 Å². The van der Waals surface area contributed by atoms with Crippen LogP contribution in [0.1, 0.15) is 58.0 Å². The summed E-state index contributed by atoms with van der Waals surface area (Å²) in [6.45, 7) is 3.11. The number of nitrogens with zero attached hydrogens (tertiary/aromatic N) is 6. The molecular weight excluding hydrogens is 380 g/mol. The molecule has 0 aliphatic carbocycles. The maximum Gasteiger partial charge on any atom is 0.272 e. The minimum Gasteiger partial charge on any atom is -0.339 e. The lowest BCUT2D eigenvalue weighted by Gasteiger charge is -2.32. The lowest BCUT2D eigenvalue weighted by Crippen LogP contribution is -2.38. The van der Waals surface area contributed by atoms with Gasteiger partial charge in [0.25, 0.3) is 11.8 Å². The van der Waals surface area contributed by atoms with Gasteiger partial charge in [-0.1, -0.05) is 0 Å². The molecule has 0 atom stereocenters. The molecule has 0 radical (unpaired) electrons. The van der Waals surface area contributed by atoms with Gasteiger partial charge in [-0.25, -0.2) is 4.52 Å². The summed E-state index contributed by atoms with van der Waals surface area (Å²) >= 11 is 0. The summed E-state index contributed by atoms with van der Waals surface area (Å²) in [5.74, 6) is 0.490. The Balaban J connectivity index is 1.32. The Kier molecular flexibility index (Phi) is 4.77. The van der Waals surface area contributed by atoms with Crippen LogP contribution in [0.5, 0.6) is 0 Å². The third-order valence-electron chi connectivity index (χ3n) is 6.46. The minimum atomic E-state index is 0.0400. The second-order valence-corrected chi connectivity index (χ2v) is 8.25. The summed E-state index contributed by atoms with van der Waals surface area (Å²) in [7, 11) is 1.79. The minimum absolute atomic E-state index is 0.0400. The number of rotatable bonds is 3. The molecule has 2 fully saturated rings. The predicted molar refractivity (Wildman–Crippen MR) is 111 cm³/mol. The topological polar surface area (TPSA) is 75.7 Å². The van der Waals surface area contributed by atoms with Gasteiger partial charge in [-0.2, -0.15) is 10.2 Å². The van der Waals surface area contributed by atoms with Crippen molar-refractivity contribution in [3.05, 3.63) is 53.6 Å². The van der Waals surface area contributed by atoms with Crippen LogP contribution in [0.25, 0.3) is 5.52 Å². The molecule has 0 bridgehead atoms. The van der Waals surface area contributed by atoms with E-state index >= 15 is 0 Å². The molecule has 5 rings (SSSR count). The number of likely N-dealkylation sites (tertiary alicyclic amines) is 2. The second-order valence-electron chi connectivity index (χ2n) is 8.25. The quantitative estimate of drug-likeness (QED) is 0.669. The molecule has 0 N–H and O–H groups in total. The van der Waals surface area contributed by atoms with Gasteiger partial charge in [-0.05, 0) is 55.4 Å². The second kappa shape index (κ2) is 7.59. The van der Waals surface area contributed by atoms with E-state index in [0.29, 0.717) is 17.2 Å². The van der Waals surface area contributed by atoms with Crippen LogP contribution in [0.15, 0.2) is 36.8 Å². The van der Waals surface area contributed by atoms with Gasteiger partial charge in [0.2, 0.25) is 0 Å². The number of pyridine rings is 1. The van der Waals surface area contributed by atoms with Crippen LogP contribution in [0.4, 0.5) is 0 Å². The molecule has 156 valence electrons. The largest absolute Gasteiger partial charge is 0.339 e. The van der Waals surface area contributed by atoms with E-state index in [0.717, 1.165) is 57.4 Å². The Bertz CT molecular complexity index is 1090. The molecule has 2 saturated heterocycles. The standard InChI is InChI=1S/C22H26N6O2/c1-25-19(4-8-23-25)22(30)27-11-5-16(6-12-27)17-7-13-28-20(14-17)18(15-24-28)21(29)26-9-2-3-10-26/h4,7-8,13-16H,2-3,5-6,9-12H2,1H3. The Morgan fingerprint density at radius 2 is 1.70 bits per heavy atom. The first-order valence-electron chi connectivity index (χ1n) is 10.7. The smallest absolute Gasteiger partial charge is 0.272 e. The van der Waals surface area contributed by atoms with Gasteiger partial charge >= 0.3 is 0 Å². The van der Waals surface area contributed by atoms with E-state index in [4.69, 9.17) is 0 Å². The van der Waals surface area contributed by atoms with E-state index < -0.39 is 0 Å². The number of piperidine rings is 1. The summed E-state index contributed by atoms with van der Waals surface area (Å²) in [6.07, 6.45) is 9.25. The first kappa shape index (κ1) is 18.8. The van der Waals surface area contributed by atoms with E-state index in [1.54, 1.807) is 34.7 Å². The maximum absolute atomic E-state index is 12.9. The molecule has 8 heteroatoms. The molecule has 8 nitrogen and oxygen atoms in total. The van der Waals surface area contributed by atoms with Crippen molar-refractivity contribution >= 4 is 17.3 Å². The van der Waals surface area contributed by atoms with Gasteiger partial charge in [0, 0.05) is 45.6 Å². The number of carbonyl (C=O) groups excluding carboxylic acids is 2. The average Bonchev–Trinajstić information content (AvgIpc) is 3.53. The number of amides is 2. The van der Waals surface area contributed by atoms with Crippen molar-refractivity contribution in [3.63, 3.8) is 0 Å². The Hall–Kier alpha value is -3.16. The molecule has 0 spiro atoms. The zero-order valence-corrected chi connectivity index (χ0v) is 17.2. The highest BCUT2D eigenvalue weighted by Crippen LogP contribution is 2.30. The molecule has 0 aromatic carbocycles. The SMILES string of the molecule is Cn1nccc1C(=O)N1CCC(c2ccn3ncc(C(=O)N4CCCC4)c3c2)CC1. The molecule has 30 heavy (non-hydrogen) atoms. The lowest BCUT2D eigenvalue weighted by molar-refractivity contribution is 0.0701. The summed E-state index contributed by atoms with van der Waals surface area (Å²) in [5, 5.41) is 8.48. The molecule has 2 aliphatic rings. The van der Waals surface area contributed by atoms with Crippen LogP contribution >= 0.6 is 0 Å². The van der Waals surface area contributed by atoms with Crippen LogP contribution < -0.4 is 0 Å².